The molecule has 1 nitrogen and oxygen atoms in total. The van der Waals surface area contributed by atoms with Gasteiger partial charge in [0, 0.05) is 10.0 Å². The maximum absolute atomic E-state index is 6.50. The van der Waals surface area contributed by atoms with Crippen LogP contribution in [0.2, 0.25) is 0 Å². The number of halogens is 1. The summed E-state index contributed by atoms with van der Waals surface area (Å²) in [6.07, 6.45) is 5.88. The molecule has 1 aromatic rings. The summed E-state index contributed by atoms with van der Waals surface area (Å²) in [5.41, 5.74) is 7.87. The molecular formula is C14H20BrN. The standard InChI is InChI=1S/C14H20BrN/c1-11-6-8-14(16,9-7-11)10-12-4-2-3-5-13(12)15/h2-5,11H,6-10,16H2,1H3. The average Bonchev–Trinajstić information content (AvgIpc) is 2.27. The molecule has 88 valence electrons. The predicted molar refractivity (Wildman–Crippen MR) is 72.4 cm³/mol. The Hall–Kier alpha value is -0.340. The van der Waals surface area contributed by atoms with Gasteiger partial charge in [-0.05, 0) is 49.7 Å². The molecule has 1 aliphatic rings. The van der Waals surface area contributed by atoms with Gasteiger partial charge in [0.15, 0.2) is 0 Å². The quantitative estimate of drug-likeness (QED) is 0.874. The van der Waals surface area contributed by atoms with E-state index in [4.69, 9.17) is 5.73 Å². The van der Waals surface area contributed by atoms with Crippen LogP contribution in [0.3, 0.4) is 0 Å². The van der Waals surface area contributed by atoms with E-state index in [0.29, 0.717) is 0 Å². The molecule has 2 rings (SSSR count). The average molecular weight is 282 g/mol. The zero-order valence-corrected chi connectivity index (χ0v) is 11.5. The summed E-state index contributed by atoms with van der Waals surface area (Å²) in [6.45, 7) is 2.33. The van der Waals surface area contributed by atoms with Crippen molar-refractivity contribution in [2.24, 2.45) is 11.7 Å². The molecule has 0 aromatic heterocycles. The molecule has 1 aromatic carbocycles. The Morgan fingerprint density at radius 1 is 1.31 bits per heavy atom. The highest BCUT2D eigenvalue weighted by Gasteiger charge is 2.30. The fourth-order valence-corrected chi connectivity index (χ4v) is 2.96. The van der Waals surface area contributed by atoms with E-state index >= 15 is 0 Å². The Morgan fingerprint density at radius 2 is 1.94 bits per heavy atom. The van der Waals surface area contributed by atoms with E-state index in [1.165, 1.54) is 22.9 Å². The number of rotatable bonds is 2. The zero-order valence-electron chi connectivity index (χ0n) is 9.88. The molecule has 0 bridgehead atoms. The van der Waals surface area contributed by atoms with E-state index in [-0.39, 0.29) is 5.54 Å². The molecule has 2 N–H and O–H groups in total. The first-order valence-electron chi connectivity index (χ1n) is 6.11. The predicted octanol–water partition coefficient (Wildman–Crippen LogP) is 3.90. The van der Waals surface area contributed by atoms with Gasteiger partial charge >= 0.3 is 0 Å². The molecule has 1 fully saturated rings. The van der Waals surface area contributed by atoms with Gasteiger partial charge in [-0.2, -0.15) is 0 Å². The molecule has 1 aliphatic carbocycles. The summed E-state index contributed by atoms with van der Waals surface area (Å²) < 4.78 is 1.19. The van der Waals surface area contributed by atoms with E-state index in [1.807, 2.05) is 0 Å². The molecule has 0 unspecified atom stereocenters. The first-order valence-corrected chi connectivity index (χ1v) is 6.91. The summed E-state index contributed by atoms with van der Waals surface area (Å²) in [7, 11) is 0. The third kappa shape index (κ3) is 2.86. The molecule has 0 atom stereocenters. The number of benzene rings is 1. The van der Waals surface area contributed by atoms with Crippen molar-refractivity contribution in [2.75, 3.05) is 0 Å². The third-order valence-corrected chi connectivity index (χ3v) is 4.54. The van der Waals surface area contributed by atoms with Gasteiger partial charge in [0.25, 0.3) is 0 Å². The van der Waals surface area contributed by atoms with E-state index in [1.54, 1.807) is 0 Å². The Labute approximate surface area is 107 Å². The highest BCUT2D eigenvalue weighted by atomic mass is 79.9. The lowest BCUT2D eigenvalue weighted by atomic mass is 9.75. The molecule has 1 saturated carbocycles. The topological polar surface area (TPSA) is 26.0 Å². The van der Waals surface area contributed by atoms with Gasteiger partial charge in [-0.3, -0.25) is 0 Å². The Kier molecular flexibility index (Phi) is 3.70. The largest absolute Gasteiger partial charge is 0.325 e. The minimum atomic E-state index is 0.0242. The van der Waals surface area contributed by atoms with Crippen molar-refractivity contribution in [1.29, 1.82) is 0 Å². The monoisotopic (exact) mass is 281 g/mol. The van der Waals surface area contributed by atoms with Crippen LogP contribution in [0.25, 0.3) is 0 Å². The fraction of sp³-hybridized carbons (Fsp3) is 0.571. The van der Waals surface area contributed by atoms with Crippen LogP contribution >= 0.6 is 15.9 Å². The van der Waals surface area contributed by atoms with Crippen molar-refractivity contribution in [3.63, 3.8) is 0 Å². The van der Waals surface area contributed by atoms with Crippen molar-refractivity contribution in [3.8, 4) is 0 Å². The number of hydrogen-bond donors (Lipinski definition) is 1. The maximum atomic E-state index is 6.50. The van der Waals surface area contributed by atoms with Gasteiger partial charge in [-0.1, -0.05) is 41.1 Å². The summed E-state index contributed by atoms with van der Waals surface area (Å²) in [6, 6.07) is 8.43. The normalized spacial score (nSPS) is 30.3. The van der Waals surface area contributed by atoms with Crippen molar-refractivity contribution < 1.29 is 0 Å². The van der Waals surface area contributed by atoms with Crippen molar-refractivity contribution in [3.05, 3.63) is 34.3 Å². The van der Waals surface area contributed by atoms with E-state index in [2.05, 4.69) is 47.1 Å². The smallest absolute Gasteiger partial charge is 0.0207 e. The maximum Gasteiger partial charge on any atom is 0.0207 e. The Balaban J connectivity index is 2.07. The molecule has 0 amide bonds. The Morgan fingerprint density at radius 3 is 2.56 bits per heavy atom. The van der Waals surface area contributed by atoms with Gasteiger partial charge in [0.2, 0.25) is 0 Å². The van der Waals surface area contributed by atoms with Gasteiger partial charge < -0.3 is 5.73 Å². The third-order valence-electron chi connectivity index (χ3n) is 3.77. The summed E-state index contributed by atoms with van der Waals surface area (Å²) in [5.74, 6) is 0.857. The van der Waals surface area contributed by atoms with Crippen LogP contribution in [-0.2, 0) is 6.42 Å². The molecule has 0 aliphatic heterocycles. The second kappa shape index (κ2) is 4.89. The minimum Gasteiger partial charge on any atom is -0.325 e. The van der Waals surface area contributed by atoms with Crippen LogP contribution in [0.15, 0.2) is 28.7 Å². The van der Waals surface area contributed by atoms with Crippen LogP contribution in [0.5, 0.6) is 0 Å². The number of nitrogens with two attached hydrogens (primary N) is 1. The van der Waals surface area contributed by atoms with Gasteiger partial charge in [-0.25, -0.2) is 0 Å². The summed E-state index contributed by atoms with van der Waals surface area (Å²) >= 11 is 3.60. The first kappa shape index (κ1) is 12.1. The molecule has 2 heteroatoms. The van der Waals surface area contributed by atoms with Crippen molar-refractivity contribution in [1.82, 2.24) is 0 Å². The van der Waals surface area contributed by atoms with Gasteiger partial charge in [0.1, 0.15) is 0 Å². The van der Waals surface area contributed by atoms with Crippen molar-refractivity contribution in [2.45, 2.75) is 44.6 Å². The van der Waals surface area contributed by atoms with Gasteiger partial charge in [-0.15, -0.1) is 0 Å². The molecule has 0 radical (unpaired) electrons. The number of hydrogen-bond acceptors (Lipinski definition) is 1. The minimum absolute atomic E-state index is 0.0242. The lowest BCUT2D eigenvalue weighted by molar-refractivity contribution is 0.243. The van der Waals surface area contributed by atoms with E-state index in [0.717, 1.165) is 25.2 Å². The van der Waals surface area contributed by atoms with Crippen LogP contribution < -0.4 is 5.73 Å². The van der Waals surface area contributed by atoms with Crippen molar-refractivity contribution >= 4 is 15.9 Å². The van der Waals surface area contributed by atoms with Gasteiger partial charge in [0.05, 0.1) is 0 Å². The van der Waals surface area contributed by atoms with Crippen LogP contribution in [0.4, 0.5) is 0 Å². The lowest BCUT2D eigenvalue weighted by Crippen LogP contribution is -2.45. The van der Waals surface area contributed by atoms with Crippen LogP contribution in [-0.4, -0.2) is 5.54 Å². The second-order valence-corrected chi connectivity index (χ2v) is 6.17. The SMILES string of the molecule is CC1CCC(N)(Cc2ccccc2Br)CC1. The lowest BCUT2D eigenvalue weighted by Gasteiger charge is -2.36. The summed E-state index contributed by atoms with van der Waals surface area (Å²) in [4.78, 5) is 0. The molecule has 16 heavy (non-hydrogen) atoms. The molecule has 0 spiro atoms. The fourth-order valence-electron chi connectivity index (χ4n) is 2.53. The first-order chi connectivity index (χ1) is 7.59. The van der Waals surface area contributed by atoms with E-state index in [9.17, 15) is 0 Å². The highest BCUT2D eigenvalue weighted by molar-refractivity contribution is 9.10. The molecule has 0 saturated heterocycles. The zero-order chi connectivity index (χ0) is 11.6. The molecule has 0 heterocycles. The second-order valence-electron chi connectivity index (χ2n) is 5.31. The Bertz CT molecular complexity index is 354. The highest BCUT2D eigenvalue weighted by Crippen LogP contribution is 2.33. The molecular weight excluding hydrogens is 262 g/mol. The van der Waals surface area contributed by atoms with E-state index < -0.39 is 0 Å². The summed E-state index contributed by atoms with van der Waals surface area (Å²) in [5, 5.41) is 0. The van der Waals surface area contributed by atoms with Crippen LogP contribution in [0, 0.1) is 5.92 Å². The van der Waals surface area contributed by atoms with Crippen LogP contribution in [0.1, 0.15) is 38.2 Å².